The largest absolute Gasteiger partial charge is 0.468 e. The average molecular weight is 295 g/mol. The lowest BCUT2D eigenvalue weighted by atomic mass is 10.0. The molecule has 2 nitrogen and oxygen atoms in total. The van der Waals surface area contributed by atoms with Gasteiger partial charge in [-0.3, -0.25) is 0 Å². The van der Waals surface area contributed by atoms with Crippen LogP contribution in [0.5, 0.6) is 5.75 Å². The van der Waals surface area contributed by atoms with Gasteiger partial charge in [0.1, 0.15) is 5.75 Å². The number of fused-ring (bicyclic) bond motifs is 1. The van der Waals surface area contributed by atoms with Gasteiger partial charge in [-0.2, -0.15) is 0 Å². The Balaban J connectivity index is 2.51. The van der Waals surface area contributed by atoms with Crippen LogP contribution in [0.4, 0.5) is 0 Å². The molecule has 90 valence electrons. The Morgan fingerprint density at radius 3 is 2.76 bits per heavy atom. The summed E-state index contributed by atoms with van der Waals surface area (Å²) < 4.78 is 11.4. The summed E-state index contributed by atoms with van der Waals surface area (Å²) in [6, 6.07) is 10.4. The van der Waals surface area contributed by atoms with E-state index < -0.39 is 0 Å². The Morgan fingerprint density at radius 1 is 1.24 bits per heavy atom. The van der Waals surface area contributed by atoms with E-state index in [0.717, 1.165) is 16.6 Å². The summed E-state index contributed by atoms with van der Waals surface area (Å²) in [4.78, 5) is 0. The normalized spacial score (nSPS) is 10.8. The highest BCUT2D eigenvalue weighted by atomic mass is 79.9. The van der Waals surface area contributed by atoms with Gasteiger partial charge in [-0.25, -0.2) is 0 Å². The molecule has 0 bridgehead atoms. The predicted molar refractivity (Wildman–Crippen MR) is 73.5 cm³/mol. The molecule has 0 spiro atoms. The average Bonchev–Trinajstić information content (AvgIpc) is 2.35. The summed E-state index contributed by atoms with van der Waals surface area (Å²) in [7, 11) is 1.62. The van der Waals surface area contributed by atoms with Crippen molar-refractivity contribution in [3.8, 4) is 5.75 Å². The molecule has 0 aromatic heterocycles. The van der Waals surface area contributed by atoms with E-state index in [4.69, 9.17) is 9.47 Å². The van der Waals surface area contributed by atoms with Gasteiger partial charge in [0.05, 0.1) is 0 Å². The van der Waals surface area contributed by atoms with Gasteiger partial charge in [0, 0.05) is 11.6 Å². The summed E-state index contributed by atoms with van der Waals surface area (Å²) in [6.07, 6.45) is 1.02. The highest BCUT2D eigenvalue weighted by Crippen LogP contribution is 2.32. The minimum Gasteiger partial charge on any atom is -0.468 e. The molecule has 0 radical (unpaired) electrons. The van der Waals surface area contributed by atoms with Crippen LogP contribution in [0.2, 0.25) is 0 Å². The van der Waals surface area contributed by atoms with Gasteiger partial charge < -0.3 is 9.47 Å². The Labute approximate surface area is 110 Å². The summed E-state index contributed by atoms with van der Waals surface area (Å²) in [5.41, 5.74) is 1.34. The van der Waals surface area contributed by atoms with Crippen molar-refractivity contribution in [3.63, 3.8) is 0 Å². The van der Waals surface area contributed by atoms with Gasteiger partial charge in [-0.1, -0.05) is 41.1 Å². The number of hydrogen-bond donors (Lipinski definition) is 0. The van der Waals surface area contributed by atoms with Crippen LogP contribution in [-0.4, -0.2) is 13.9 Å². The fraction of sp³-hybridized carbons (Fsp3) is 0.286. The molecule has 2 rings (SSSR count). The van der Waals surface area contributed by atoms with Crippen molar-refractivity contribution in [3.05, 3.63) is 40.4 Å². The Bertz CT molecular complexity index is 523. The molecule has 0 fully saturated rings. The molecule has 0 atom stereocenters. The second-order valence-electron chi connectivity index (χ2n) is 3.82. The minimum atomic E-state index is 0.269. The molecular formula is C14H15BrO2. The lowest BCUT2D eigenvalue weighted by molar-refractivity contribution is 0.0512. The van der Waals surface area contributed by atoms with Crippen LogP contribution >= 0.6 is 15.9 Å². The summed E-state index contributed by atoms with van der Waals surface area (Å²) in [5.74, 6) is 0.819. The molecule has 0 aliphatic carbocycles. The zero-order chi connectivity index (χ0) is 12.3. The molecule has 0 N–H and O–H groups in total. The first-order chi connectivity index (χ1) is 8.26. The zero-order valence-corrected chi connectivity index (χ0v) is 11.6. The van der Waals surface area contributed by atoms with Crippen molar-refractivity contribution in [1.29, 1.82) is 0 Å². The predicted octanol–water partition coefficient (Wildman–Crippen LogP) is 4.15. The van der Waals surface area contributed by atoms with Crippen molar-refractivity contribution in [2.24, 2.45) is 0 Å². The van der Waals surface area contributed by atoms with Crippen molar-refractivity contribution < 1.29 is 9.47 Å². The molecule has 2 aromatic carbocycles. The van der Waals surface area contributed by atoms with Crippen LogP contribution in [-0.2, 0) is 11.2 Å². The molecule has 2 aromatic rings. The first-order valence-corrected chi connectivity index (χ1v) is 6.38. The van der Waals surface area contributed by atoms with Crippen molar-refractivity contribution in [1.82, 2.24) is 0 Å². The van der Waals surface area contributed by atoms with E-state index >= 15 is 0 Å². The molecule has 0 aliphatic rings. The van der Waals surface area contributed by atoms with Crippen molar-refractivity contribution in [2.75, 3.05) is 13.9 Å². The van der Waals surface area contributed by atoms with Gasteiger partial charge in [-0.15, -0.1) is 0 Å². The van der Waals surface area contributed by atoms with Gasteiger partial charge >= 0.3 is 0 Å². The van der Waals surface area contributed by atoms with Crippen LogP contribution in [0.3, 0.4) is 0 Å². The molecular weight excluding hydrogens is 280 g/mol. The number of rotatable bonds is 4. The second-order valence-corrected chi connectivity index (χ2v) is 4.68. The summed E-state index contributed by atoms with van der Waals surface area (Å²) in [6.45, 7) is 2.43. The van der Waals surface area contributed by atoms with E-state index in [2.05, 4.69) is 41.1 Å². The lowest BCUT2D eigenvalue weighted by Crippen LogP contribution is -1.99. The topological polar surface area (TPSA) is 18.5 Å². The monoisotopic (exact) mass is 294 g/mol. The van der Waals surface area contributed by atoms with E-state index in [1.165, 1.54) is 16.3 Å². The zero-order valence-electron chi connectivity index (χ0n) is 10.00. The second kappa shape index (κ2) is 5.52. The number of methoxy groups -OCH3 is 1. The van der Waals surface area contributed by atoms with Crippen molar-refractivity contribution >= 4 is 26.7 Å². The SMILES string of the molecule is CCc1cccc2cc(OCOC)cc(Br)c12. The molecule has 17 heavy (non-hydrogen) atoms. The maximum atomic E-state index is 5.47. The molecule has 0 saturated carbocycles. The smallest absolute Gasteiger partial charge is 0.188 e. The maximum absolute atomic E-state index is 5.47. The van der Waals surface area contributed by atoms with Crippen LogP contribution in [0.1, 0.15) is 12.5 Å². The van der Waals surface area contributed by atoms with Gasteiger partial charge in [-0.05, 0) is 34.9 Å². The van der Waals surface area contributed by atoms with E-state index in [1.807, 2.05) is 12.1 Å². The molecule has 0 unspecified atom stereocenters. The Hall–Kier alpha value is -1.06. The quantitative estimate of drug-likeness (QED) is 0.789. The van der Waals surface area contributed by atoms with Crippen LogP contribution in [0, 0.1) is 0 Å². The third-order valence-electron chi connectivity index (χ3n) is 2.71. The Kier molecular flexibility index (Phi) is 4.02. The lowest BCUT2D eigenvalue weighted by Gasteiger charge is -2.10. The maximum Gasteiger partial charge on any atom is 0.188 e. The molecule has 0 aliphatic heterocycles. The Morgan fingerprint density at radius 2 is 2.06 bits per heavy atom. The molecule has 0 saturated heterocycles. The fourth-order valence-corrected chi connectivity index (χ4v) is 2.64. The number of halogens is 1. The standard InChI is InChI=1S/C14H15BrO2/c1-3-10-5-4-6-11-7-12(17-9-16-2)8-13(15)14(10)11/h4-8H,3,9H2,1-2H3. The molecule has 3 heteroatoms. The fourth-order valence-electron chi connectivity index (χ4n) is 1.93. The van der Waals surface area contributed by atoms with E-state index in [1.54, 1.807) is 7.11 Å². The molecule has 0 amide bonds. The van der Waals surface area contributed by atoms with Crippen LogP contribution in [0.15, 0.2) is 34.8 Å². The first kappa shape index (κ1) is 12.4. The third kappa shape index (κ3) is 2.61. The first-order valence-electron chi connectivity index (χ1n) is 5.59. The van der Waals surface area contributed by atoms with Gasteiger partial charge in [0.25, 0.3) is 0 Å². The number of ether oxygens (including phenoxy) is 2. The van der Waals surface area contributed by atoms with E-state index in [-0.39, 0.29) is 6.79 Å². The van der Waals surface area contributed by atoms with Crippen molar-refractivity contribution in [2.45, 2.75) is 13.3 Å². The molecule has 0 heterocycles. The van der Waals surface area contributed by atoms with Gasteiger partial charge in [0.15, 0.2) is 6.79 Å². The highest BCUT2D eigenvalue weighted by molar-refractivity contribution is 9.10. The minimum absolute atomic E-state index is 0.269. The van der Waals surface area contributed by atoms with Gasteiger partial charge in [0.2, 0.25) is 0 Å². The van der Waals surface area contributed by atoms with Crippen LogP contribution < -0.4 is 4.74 Å². The van der Waals surface area contributed by atoms with Crippen LogP contribution in [0.25, 0.3) is 10.8 Å². The highest BCUT2D eigenvalue weighted by Gasteiger charge is 2.06. The van der Waals surface area contributed by atoms with E-state index in [0.29, 0.717) is 0 Å². The number of aryl methyl sites for hydroxylation is 1. The number of hydrogen-bond acceptors (Lipinski definition) is 2. The van der Waals surface area contributed by atoms with E-state index in [9.17, 15) is 0 Å². The summed E-state index contributed by atoms with van der Waals surface area (Å²) >= 11 is 3.61. The third-order valence-corrected chi connectivity index (χ3v) is 3.34. The number of benzene rings is 2. The summed E-state index contributed by atoms with van der Waals surface area (Å²) in [5, 5.41) is 2.45.